The van der Waals surface area contributed by atoms with Crippen LogP contribution in [0.4, 0.5) is 5.69 Å². The van der Waals surface area contributed by atoms with E-state index in [1.54, 1.807) is 24.3 Å². The standard InChI is InChI=1S/C23H21NO3S/c1-17-7-11-19(12-8-17)15-20-16-27-23-6-4-3-5-22(23)24(20)28(25,26)21-13-9-18(2)10-14-21/h3-15H,16H2,1-2H3/b20-15-. The van der Waals surface area contributed by atoms with Crippen LogP contribution in [-0.2, 0) is 10.0 Å². The maximum atomic E-state index is 13.5. The number of nitrogens with zero attached hydrogens (tertiary/aromatic N) is 1. The van der Waals surface area contributed by atoms with Gasteiger partial charge < -0.3 is 4.74 Å². The summed E-state index contributed by atoms with van der Waals surface area (Å²) < 4.78 is 34.3. The Labute approximate surface area is 165 Å². The van der Waals surface area contributed by atoms with E-state index >= 15 is 0 Å². The maximum Gasteiger partial charge on any atom is 0.268 e. The Bertz CT molecular complexity index is 1130. The highest BCUT2D eigenvalue weighted by molar-refractivity contribution is 7.93. The number of hydrogen-bond acceptors (Lipinski definition) is 3. The summed E-state index contributed by atoms with van der Waals surface area (Å²) in [5.41, 5.74) is 4.18. The average molecular weight is 391 g/mol. The summed E-state index contributed by atoms with van der Waals surface area (Å²) in [6, 6.07) is 22.1. The van der Waals surface area contributed by atoms with Crippen LogP contribution in [0.5, 0.6) is 5.75 Å². The van der Waals surface area contributed by atoms with Gasteiger partial charge in [0.15, 0.2) is 0 Å². The van der Waals surface area contributed by atoms with Crippen molar-refractivity contribution in [1.29, 1.82) is 0 Å². The van der Waals surface area contributed by atoms with Crippen molar-refractivity contribution in [2.45, 2.75) is 18.7 Å². The van der Waals surface area contributed by atoms with Gasteiger partial charge in [0.05, 0.1) is 16.3 Å². The highest BCUT2D eigenvalue weighted by atomic mass is 32.2. The molecule has 4 nitrogen and oxygen atoms in total. The third kappa shape index (κ3) is 3.41. The quantitative estimate of drug-likeness (QED) is 0.636. The van der Waals surface area contributed by atoms with Gasteiger partial charge in [0, 0.05) is 0 Å². The molecule has 0 saturated heterocycles. The van der Waals surface area contributed by atoms with Crippen molar-refractivity contribution >= 4 is 21.8 Å². The first kappa shape index (κ1) is 18.3. The highest BCUT2D eigenvalue weighted by Crippen LogP contribution is 2.39. The second-order valence-corrected chi connectivity index (χ2v) is 8.67. The van der Waals surface area contributed by atoms with Crippen LogP contribution in [0.2, 0.25) is 0 Å². The molecule has 5 heteroatoms. The number of para-hydroxylation sites is 2. The van der Waals surface area contributed by atoms with Gasteiger partial charge in [0.1, 0.15) is 12.4 Å². The zero-order valence-electron chi connectivity index (χ0n) is 15.8. The van der Waals surface area contributed by atoms with E-state index in [-0.39, 0.29) is 11.5 Å². The molecule has 1 aliphatic rings. The number of aryl methyl sites for hydroxylation is 2. The van der Waals surface area contributed by atoms with E-state index in [9.17, 15) is 8.42 Å². The molecule has 0 unspecified atom stereocenters. The van der Waals surface area contributed by atoms with Crippen molar-refractivity contribution in [3.05, 3.63) is 95.2 Å². The normalized spacial score (nSPS) is 15.2. The number of rotatable bonds is 3. The molecule has 0 amide bonds. The molecule has 0 spiro atoms. The first-order chi connectivity index (χ1) is 13.4. The van der Waals surface area contributed by atoms with Gasteiger partial charge in [-0.1, -0.05) is 59.7 Å². The molecule has 1 aliphatic heterocycles. The Balaban J connectivity index is 1.87. The fourth-order valence-electron chi connectivity index (χ4n) is 3.17. The Morgan fingerprint density at radius 3 is 2.14 bits per heavy atom. The van der Waals surface area contributed by atoms with Crippen LogP contribution in [0, 0.1) is 13.8 Å². The zero-order valence-corrected chi connectivity index (χ0v) is 16.6. The monoisotopic (exact) mass is 391 g/mol. The average Bonchev–Trinajstić information content (AvgIpc) is 2.69. The molecule has 3 aromatic rings. The van der Waals surface area contributed by atoms with Gasteiger partial charge in [0.25, 0.3) is 10.0 Å². The number of fused-ring (bicyclic) bond motifs is 1. The number of ether oxygens (including phenoxy) is 1. The van der Waals surface area contributed by atoms with Crippen molar-refractivity contribution in [2.24, 2.45) is 0 Å². The van der Waals surface area contributed by atoms with Crippen LogP contribution in [0.3, 0.4) is 0 Å². The van der Waals surface area contributed by atoms with E-state index in [4.69, 9.17) is 4.74 Å². The van der Waals surface area contributed by atoms with E-state index in [0.717, 1.165) is 16.7 Å². The number of hydrogen-bond donors (Lipinski definition) is 0. The van der Waals surface area contributed by atoms with Gasteiger partial charge in [-0.25, -0.2) is 12.7 Å². The van der Waals surface area contributed by atoms with Gasteiger partial charge in [0.2, 0.25) is 0 Å². The van der Waals surface area contributed by atoms with Gasteiger partial charge in [-0.15, -0.1) is 0 Å². The van der Waals surface area contributed by atoms with Crippen LogP contribution in [0.1, 0.15) is 16.7 Å². The SMILES string of the molecule is Cc1ccc(/C=C2/COc3ccccc3N2S(=O)(=O)c2ccc(C)cc2)cc1. The molecule has 0 saturated carbocycles. The highest BCUT2D eigenvalue weighted by Gasteiger charge is 2.33. The van der Waals surface area contributed by atoms with Crippen molar-refractivity contribution < 1.29 is 13.2 Å². The largest absolute Gasteiger partial charge is 0.485 e. The Hall–Kier alpha value is -3.05. The summed E-state index contributed by atoms with van der Waals surface area (Å²) in [5, 5.41) is 0. The molecule has 0 aromatic heterocycles. The van der Waals surface area contributed by atoms with Crippen LogP contribution in [-0.4, -0.2) is 15.0 Å². The van der Waals surface area contributed by atoms with Crippen molar-refractivity contribution in [3.63, 3.8) is 0 Å². The minimum Gasteiger partial charge on any atom is -0.485 e. The lowest BCUT2D eigenvalue weighted by Crippen LogP contribution is -2.36. The third-order valence-electron chi connectivity index (χ3n) is 4.69. The van der Waals surface area contributed by atoms with Crippen LogP contribution < -0.4 is 9.04 Å². The Morgan fingerprint density at radius 1 is 0.857 bits per heavy atom. The zero-order chi connectivity index (χ0) is 19.7. The van der Waals surface area contributed by atoms with Gasteiger partial charge in [-0.3, -0.25) is 0 Å². The summed E-state index contributed by atoms with van der Waals surface area (Å²) in [6.07, 6.45) is 1.86. The van der Waals surface area contributed by atoms with E-state index in [2.05, 4.69) is 0 Å². The molecule has 0 fully saturated rings. The lowest BCUT2D eigenvalue weighted by atomic mass is 10.1. The van der Waals surface area contributed by atoms with E-state index in [1.807, 2.05) is 68.5 Å². The molecule has 0 radical (unpaired) electrons. The van der Waals surface area contributed by atoms with Gasteiger partial charge in [-0.2, -0.15) is 0 Å². The molecular weight excluding hydrogens is 370 g/mol. The summed E-state index contributed by atoms with van der Waals surface area (Å²) in [4.78, 5) is 0.254. The lowest BCUT2D eigenvalue weighted by molar-refractivity contribution is 0.342. The minimum absolute atomic E-state index is 0.177. The molecule has 0 aliphatic carbocycles. The molecule has 1 heterocycles. The first-order valence-electron chi connectivity index (χ1n) is 9.06. The molecule has 28 heavy (non-hydrogen) atoms. The van der Waals surface area contributed by atoms with Gasteiger partial charge >= 0.3 is 0 Å². The van der Waals surface area contributed by atoms with E-state index in [1.165, 1.54) is 4.31 Å². The number of sulfonamides is 1. The van der Waals surface area contributed by atoms with Crippen molar-refractivity contribution in [1.82, 2.24) is 0 Å². The predicted molar refractivity (Wildman–Crippen MR) is 112 cm³/mol. The van der Waals surface area contributed by atoms with Crippen LogP contribution in [0.15, 0.2) is 83.4 Å². The van der Waals surface area contributed by atoms with Crippen molar-refractivity contribution in [2.75, 3.05) is 10.9 Å². The third-order valence-corrected chi connectivity index (χ3v) is 6.47. The Kier molecular flexibility index (Phi) is 4.69. The minimum atomic E-state index is -3.78. The molecule has 4 rings (SSSR count). The summed E-state index contributed by atoms with van der Waals surface area (Å²) in [7, 11) is -3.78. The van der Waals surface area contributed by atoms with E-state index < -0.39 is 10.0 Å². The van der Waals surface area contributed by atoms with Crippen LogP contribution >= 0.6 is 0 Å². The summed E-state index contributed by atoms with van der Waals surface area (Å²) in [5.74, 6) is 0.555. The lowest BCUT2D eigenvalue weighted by Gasteiger charge is -2.32. The number of anilines is 1. The fourth-order valence-corrected chi connectivity index (χ4v) is 4.68. The topological polar surface area (TPSA) is 46.6 Å². The molecule has 0 N–H and O–H groups in total. The molecule has 142 valence electrons. The second-order valence-electron chi connectivity index (χ2n) is 6.89. The molecule has 3 aromatic carbocycles. The fraction of sp³-hybridized carbons (Fsp3) is 0.130. The smallest absolute Gasteiger partial charge is 0.268 e. The van der Waals surface area contributed by atoms with Crippen molar-refractivity contribution in [3.8, 4) is 5.75 Å². The van der Waals surface area contributed by atoms with E-state index in [0.29, 0.717) is 17.1 Å². The van der Waals surface area contributed by atoms with Crippen LogP contribution in [0.25, 0.3) is 6.08 Å². The maximum absolute atomic E-state index is 13.5. The summed E-state index contributed by atoms with van der Waals surface area (Å²) in [6.45, 7) is 4.13. The number of benzene rings is 3. The summed E-state index contributed by atoms with van der Waals surface area (Å²) >= 11 is 0. The first-order valence-corrected chi connectivity index (χ1v) is 10.5. The Morgan fingerprint density at radius 2 is 1.46 bits per heavy atom. The molecule has 0 atom stereocenters. The molecular formula is C23H21NO3S. The second kappa shape index (κ2) is 7.17. The van der Waals surface area contributed by atoms with Gasteiger partial charge in [-0.05, 0) is 49.8 Å². The molecule has 0 bridgehead atoms. The predicted octanol–water partition coefficient (Wildman–Crippen LogP) is 4.93.